The molecule has 5 unspecified atom stereocenters. The van der Waals surface area contributed by atoms with Crippen molar-refractivity contribution in [2.45, 2.75) is 30.7 Å². The second-order valence-electron chi connectivity index (χ2n) is 2.81. The van der Waals surface area contributed by atoms with Gasteiger partial charge < -0.3 is 25.2 Å². The third-order valence-corrected chi connectivity index (χ3v) is 1.91. The Morgan fingerprint density at radius 1 is 1.08 bits per heavy atom. The molecule has 5 atom stereocenters. The van der Waals surface area contributed by atoms with Crippen molar-refractivity contribution >= 4 is 0 Å². The fraction of sp³-hybridized carbons (Fsp3) is 1.00. The monoisotopic (exact) mass is 198 g/mol. The molecule has 0 aromatic carbocycles. The van der Waals surface area contributed by atoms with Crippen molar-refractivity contribution in [2.75, 3.05) is 6.61 Å². The first-order valence-corrected chi connectivity index (χ1v) is 3.69. The third-order valence-electron chi connectivity index (χ3n) is 1.91. The Morgan fingerprint density at radius 3 is 2.23 bits per heavy atom. The molecule has 1 aliphatic rings. The summed E-state index contributed by atoms with van der Waals surface area (Å²) >= 11 is 0. The lowest BCUT2D eigenvalue weighted by atomic mass is 10.00. The summed E-state index contributed by atoms with van der Waals surface area (Å²) < 4.78 is 15.9. The molecule has 1 fully saturated rings. The number of hydrogen-bond acceptors (Lipinski definition) is 6. The molecule has 0 radical (unpaired) electrons. The maximum atomic E-state index is 11.4. The van der Waals surface area contributed by atoms with E-state index in [9.17, 15) is 4.53 Å². The minimum absolute atomic E-state index is 0.623. The van der Waals surface area contributed by atoms with Gasteiger partial charge in [-0.2, -0.15) is 4.94 Å². The smallest absolute Gasteiger partial charge is 0.184 e. The van der Waals surface area contributed by atoms with E-state index in [0.717, 1.165) is 0 Å². The molecule has 78 valence electrons. The van der Waals surface area contributed by atoms with Crippen LogP contribution in [0, 0.1) is 0 Å². The van der Waals surface area contributed by atoms with Gasteiger partial charge in [0, 0.05) is 0 Å². The first-order valence-electron chi connectivity index (χ1n) is 3.69. The summed E-state index contributed by atoms with van der Waals surface area (Å²) in [6, 6.07) is 0. The molecule has 0 amide bonds. The Bertz CT molecular complexity index is 167. The molecule has 0 spiro atoms. The molecule has 1 aliphatic heterocycles. The van der Waals surface area contributed by atoms with Crippen LogP contribution in [0.2, 0.25) is 0 Å². The predicted octanol–water partition coefficient (Wildman–Crippen LogP) is -2.31. The van der Waals surface area contributed by atoms with E-state index in [-0.39, 0.29) is 0 Å². The summed E-state index contributed by atoms with van der Waals surface area (Å²) in [6.45, 7) is -0.623. The second-order valence-corrected chi connectivity index (χ2v) is 2.81. The lowest BCUT2D eigenvalue weighted by Gasteiger charge is -2.37. The fourth-order valence-corrected chi connectivity index (χ4v) is 1.13. The van der Waals surface area contributed by atoms with E-state index >= 15 is 0 Å². The summed E-state index contributed by atoms with van der Waals surface area (Å²) in [4.78, 5) is 3.19. The third kappa shape index (κ3) is 2.13. The van der Waals surface area contributed by atoms with Crippen molar-refractivity contribution in [3.63, 3.8) is 0 Å². The summed E-state index contributed by atoms with van der Waals surface area (Å²) in [5.41, 5.74) is 0. The number of ether oxygens (including phenoxy) is 1. The average molecular weight is 198 g/mol. The molecule has 0 saturated carbocycles. The van der Waals surface area contributed by atoms with Crippen molar-refractivity contribution in [1.82, 2.24) is 0 Å². The van der Waals surface area contributed by atoms with Gasteiger partial charge in [-0.05, 0) is 4.53 Å². The maximum absolute atomic E-state index is 11.4. The molecule has 7 heteroatoms. The fourth-order valence-electron chi connectivity index (χ4n) is 1.13. The molecule has 0 aromatic heterocycles. The van der Waals surface area contributed by atoms with Crippen molar-refractivity contribution in [2.24, 2.45) is 0 Å². The molecular formula is C6H11FO6. The van der Waals surface area contributed by atoms with Gasteiger partial charge in [0.05, 0.1) is 0 Å². The minimum Gasteiger partial charge on any atom is -0.387 e. The highest BCUT2D eigenvalue weighted by Gasteiger charge is 2.43. The van der Waals surface area contributed by atoms with Crippen LogP contribution < -0.4 is 0 Å². The standard InChI is InChI=1S/C6H11FO6/c7-12-1-2-3(8)4(9)5(10)6(11)13-2/h2-6,8-11H,1H2. The van der Waals surface area contributed by atoms with Crippen LogP contribution in [-0.2, 0) is 9.68 Å². The molecule has 0 aliphatic carbocycles. The van der Waals surface area contributed by atoms with Crippen LogP contribution >= 0.6 is 0 Å². The molecule has 0 bridgehead atoms. The summed E-state index contributed by atoms with van der Waals surface area (Å²) in [5.74, 6) is 0. The van der Waals surface area contributed by atoms with E-state index in [4.69, 9.17) is 20.4 Å². The molecule has 4 N–H and O–H groups in total. The topological polar surface area (TPSA) is 99.4 Å². The molecule has 1 saturated heterocycles. The zero-order valence-corrected chi connectivity index (χ0v) is 6.58. The Morgan fingerprint density at radius 2 is 1.69 bits per heavy atom. The van der Waals surface area contributed by atoms with Crippen LogP contribution in [0.3, 0.4) is 0 Å². The van der Waals surface area contributed by atoms with Gasteiger partial charge in [-0.3, -0.25) is 0 Å². The van der Waals surface area contributed by atoms with Crippen molar-refractivity contribution < 1.29 is 34.6 Å². The van der Waals surface area contributed by atoms with Crippen molar-refractivity contribution in [3.05, 3.63) is 0 Å². The Hall–Kier alpha value is -0.310. The number of halogens is 1. The van der Waals surface area contributed by atoms with Gasteiger partial charge in [0.1, 0.15) is 31.0 Å². The van der Waals surface area contributed by atoms with Crippen LogP contribution in [0.25, 0.3) is 0 Å². The van der Waals surface area contributed by atoms with Crippen LogP contribution in [0.1, 0.15) is 0 Å². The Balaban J connectivity index is 2.59. The molecule has 1 heterocycles. The van der Waals surface area contributed by atoms with Crippen LogP contribution in [0.15, 0.2) is 0 Å². The zero-order chi connectivity index (χ0) is 10.0. The Kier molecular flexibility index (Phi) is 3.54. The van der Waals surface area contributed by atoms with Gasteiger partial charge in [-0.1, -0.05) is 0 Å². The Labute approximate surface area is 73.0 Å². The van der Waals surface area contributed by atoms with E-state index in [1.165, 1.54) is 0 Å². The highest BCUT2D eigenvalue weighted by Crippen LogP contribution is 2.19. The first kappa shape index (κ1) is 10.8. The van der Waals surface area contributed by atoms with Crippen molar-refractivity contribution in [1.29, 1.82) is 0 Å². The van der Waals surface area contributed by atoms with Crippen molar-refractivity contribution in [3.8, 4) is 0 Å². The average Bonchev–Trinajstić information content (AvgIpc) is 2.11. The molecule has 0 aromatic rings. The van der Waals surface area contributed by atoms with E-state index in [2.05, 4.69) is 9.68 Å². The van der Waals surface area contributed by atoms with Crippen LogP contribution in [0.5, 0.6) is 0 Å². The minimum atomic E-state index is -1.65. The maximum Gasteiger partial charge on any atom is 0.184 e. The first-order chi connectivity index (χ1) is 6.07. The SMILES string of the molecule is OC1OC(COF)C(O)C(O)C1O. The lowest BCUT2D eigenvalue weighted by molar-refractivity contribution is -0.302. The molecule has 1 rings (SSSR count). The van der Waals surface area contributed by atoms with Crippen LogP contribution in [0.4, 0.5) is 4.53 Å². The van der Waals surface area contributed by atoms with Crippen LogP contribution in [-0.4, -0.2) is 57.7 Å². The molecule has 13 heavy (non-hydrogen) atoms. The predicted molar refractivity (Wildman–Crippen MR) is 36.0 cm³/mol. The second kappa shape index (κ2) is 4.27. The summed E-state index contributed by atoms with van der Waals surface area (Å²) in [6.07, 6.45) is -7.53. The summed E-state index contributed by atoms with van der Waals surface area (Å²) in [7, 11) is 0. The quantitative estimate of drug-likeness (QED) is 0.398. The van der Waals surface area contributed by atoms with E-state index < -0.39 is 37.3 Å². The highest BCUT2D eigenvalue weighted by atomic mass is 19.3. The summed E-state index contributed by atoms with van der Waals surface area (Å²) in [5, 5.41) is 36.2. The van der Waals surface area contributed by atoms with E-state index in [1.807, 2.05) is 0 Å². The largest absolute Gasteiger partial charge is 0.387 e. The van der Waals surface area contributed by atoms with Gasteiger partial charge in [0.15, 0.2) is 6.29 Å². The van der Waals surface area contributed by atoms with Gasteiger partial charge in [0.25, 0.3) is 0 Å². The molecular weight excluding hydrogens is 187 g/mol. The van der Waals surface area contributed by atoms with E-state index in [0.29, 0.717) is 0 Å². The number of aliphatic hydroxyl groups excluding tert-OH is 4. The highest BCUT2D eigenvalue weighted by molar-refractivity contribution is 4.88. The normalized spacial score (nSPS) is 46.4. The number of rotatable bonds is 2. The zero-order valence-electron chi connectivity index (χ0n) is 6.58. The van der Waals surface area contributed by atoms with Gasteiger partial charge in [-0.25, -0.2) is 0 Å². The van der Waals surface area contributed by atoms with Gasteiger partial charge in [0.2, 0.25) is 0 Å². The van der Waals surface area contributed by atoms with Gasteiger partial charge in [-0.15, -0.1) is 0 Å². The lowest BCUT2D eigenvalue weighted by Crippen LogP contribution is -2.58. The van der Waals surface area contributed by atoms with Gasteiger partial charge >= 0.3 is 0 Å². The number of hydrogen-bond donors (Lipinski definition) is 4. The number of aliphatic hydroxyl groups is 4. The molecule has 6 nitrogen and oxygen atoms in total. The van der Waals surface area contributed by atoms with E-state index in [1.54, 1.807) is 0 Å².